The molecule has 0 aliphatic carbocycles. The molecule has 0 aliphatic heterocycles. The van der Waals surface area contributed by atoms with Gasteiger partial charge in [-0.05, 0) is 18.2 Å². The second-order valence-electron chi connectivity index (χ2n) is 2.70. The van der Waals surface area contributed by atoms with Gasteiger partial charge in [-0.3, -0.25) is 0 Å². The van der Waals surface area contributed by atoms with Gasteiger partial charge in [0.05, 0.1) is 5.56 Å². The number of carboxylic acids is 1. The van der Waals surface area contributed by atoms with Crippen LogP contribution in [0.4, 0.5) is 4.39 Å². The Labute approximate surface area is 72.8 Å². The van der Waals surface area contributed by atoms with Crippen molar-refractivity contribution in [2.45, 2.75) is 0 Å². The first-order valence-electron chi connectivity index (χ1n) is 3.68. The van der Waals surface area contributed by atoms with Crippen LogP contribution in [0.3, 0.4) is 0 Å². The quantitative estimate of drug-likeness (QED) is 0.703. The van der Waals surface area contributed by atoms with Gasteiger partial charge in [0, 0.05) is 17.1 Å². The predicted octanol–water partition coefficient (Wildman–Crippen LogP) is 2.01. The molecule has 1 aromatic carbocycles. The number of carboxylic acid groups (broad SMARTS) is 1. The van der Waals surface area contributed by atoms with Crippen molar-refractivity contribution in [3.8, 4) is 0 Å². The first-order valence-corrected chi connectivity index (χ1v) is 3.68. The molecule has 0 saturated heterocycles. The second-order valence-corrected chi connectivity index (χ2v) is 2.70. The first kappa shape index (κ1) is 7.79. The van der Waals surface area contributed by atoms with Crippen LogP contribution in [0.1, 0.15) is 10.4 Å². The number of H-pyrrole nitrogens is 1. The van der Waals surface area contributed by atoms with Crippen LogP contribution >= 0.6 is 0 Å². The van der Waals surface area contributed by atoms with Crippen molar-refractivity contribution in [3.63, 3.8) is 0 Å². The van der Waals surface area contributed by atoms with Crippen LogP contribution in [0.2, 0.25) is 0 Å². The predicted molar refractivity (Wildman–Crippen MR) is 45.2 cm³/mol. The van der Waals surface area contributed by atoms with Gasteiger partial charge >= 0.3 is 5.97 Å². The lowest BCUT2D eigenvalue weighted by Gasteiger charge is -1.91. The van der Waals surface area contributed by atoms with Gasteiger partial charge in [0.15, 0.2) is 0 Å². The summed E-state index contributed by atoms with van der Waals surface area (Å²) in [5.41, 5.74) is 0.660. The SMILES string of the molecule is O=C(O)c1c[nH]c2cc(F)ccc12. The standard InChI is InChI=1S/C9H6FNO2/c10-5-1-2-6-7(9(12)13)4-11-8(6)3-5/h1-4,11H,(H,12,13). The van der Waals surface area contributed by atoms with Gasteiger partial charge < -0.3 is 10.1 Å². The summed E-state index contributed by atoms with van der Waals surface area (Å²) in [7, 11) is 0. The maximum absolute atomic E-state index is 12.7. The molecule has 0 fully saturated rings. The summed E-state index contributed by atoms with van der Waals surface area (Å²) >= 11 is 0. The van der Waals surface area contributed by atoms with E-state index in [0.717, 1.165) is 0 Å². The first-order chi connectivity index (χ1) is 6.18. The van der Waals surface area contributed by atoms with Crippen molar-refractivity contribution in [1.29, 1.82) is 0 Å². The Bertz CT molecular complexity index is 475. The van der Waals surface area contributed by atoms with Crippen LogP contribution < -0.4 is 0 Å². The van der Waals surface area contributed by atoms with E-state index >= 15 is 0 Å². The summed E-state index contributed by atoms with van der Waals surface area (Å²) < 4.78 is 12.7. The molecule has 4 heteroatoms. The van der Waals surface area contributed by atoms with Gasteiger partial charge in [0.1, 0.15) is 5.82 Å². The molecular formula is C9H6FNO2. The Morgan fingerprint density at radius 2 is 2.23 bits per heavy atom. The van der Waals surface area contributed by atoms with Crippen LogP contribution in [0, 0.1) is 5.82 Å². The summed E-state index contributed by atoms with van der Waals surface area (Å²) in [6, 6.07) is 3.95. The van der Waals surface area contributed by atoms with Crippen molar-refractivity contribution in [2.24, 2.45) is 0 Å². The topological polar surface area (TPSA) is 53.1 Å². The zero-order chi connectivity index (χ0) is 9.42. The molecule has 0 bridgehead atoms. The summed E-state index contributed by atoms with van der Waals surface area (Å²) in [5, 5.41) is 9.25. The summed E-state index contributed by atoms with van der Waals surface area (Å²) in [6.45, 7) is 0. The lowest BCUT2D eigenvalue weighted by molar-refractivity contribution is 0.0699. The van der Waals surface area contributed by atoms with E-state index in [4.69, 9.17) is 5.11 Å². The highest BCUT2D eigenvalue weighted by Gasteiger charge is 2.09. The highest BCUT2D eigenvalue weighted by atomic mass is 19.1. The monoisotopic (exact) mass is 179 g/mol. The van der Waals surface area contributed by atoms with Crippen LogP contribution in [0.25, 0.3) is 10.9 Å². The Balaban J connectivity index is 2.76. The number of rotatable bonds is 1. The number of halogens is 1. The number of carbonyl (C=O) groups is 1. The van der Waals surface area contributed by atoms with E-state index in [2.05, 4.69) is 4.98 Å². The smallest absolute Gasteiger partial charge is 0.337 e. The molecule has 0 saturated carbocycles. The van der Waals surface area contributed by atoms with Gasteiger partial charge in [-0.2, -0.15) is 0 Å². The second kappa shape index (κ2) is 2.58. The van der Waals surface area contributed by atoms with Crippen molar-refractivity contribution < 1.29 is 14.3 Å². The molecule has 0 radical (unpaired) electrons. The fraction of sp³-hybridized carbons (Fsp3) is 0. The number of aromatic carboxylic acids is 1. The normalized spacial score (nSPS) is 10.5. The van der Waals surface area contributed by atoms with Gasteiger partial charge in [-0.25, -0.2) is 9.18 Å². The summed E-state index contributed by atoms with van der Waals surface area (Å²) in [6.07, 6.45) is 1.35. The third-order valence-corrected chi connectivity index (χ3v) is 1.87. The van der Waals surface area contributed by atoms with Crippen molar-refractivity contribution in [1.82, 2.24) is 4.98 Å². The zero-order valence-corrected chi connectivity index (χ0v) is 6.54. The van der Waals surface area contributed by atoms with E-state index in [-0.39, 0.29) is 11.4 Å². The van der Waals surface area contributed by atoms with Crippen molar-refractivity contribution >= 4 is 16.9 Å². The van der Waals surface area contributed by atoms with Crippen molar-refractivity contribution in [3.05, 3.63) is 35.8 Å². The van der Waals surface area contributed by atoms with E-state index in [1.54, 1.807) is 0 Å². The molecule has 3 nitrogen and oxygen atoms in total. The van der Waals surface area contributed by atoms with Crippen LogP contribution in [0.5, 0.6) is 0 Å². The summed E-state index contributed by atoms with van der Waals surface area (Å²) in [5.74, 6) is -1.40. The van der Waals surface area contributed by atoms with Crippen LogP contribution in [-0.2, 0) is 0 Å². The summed E-state index contributed by atoms with van der Waals surface area (Å²) in [4.78, 5) is 13.3. The molecule has 0 aliphatic rings. The van der Waals surface area contributed by atoms with Gasteiger partial charge in [-0.15, -0.1) is 0 Å². The molecule has 0 unspecified atom stereocenters. The Morgan fingerprint density at radius 3 is 2.92 bits per heavy atom. The van der Waals surface area contributed by atoms with E-state index in [1.807, 2.05) is 0 Å². The minimum atomic E-state index is -1.02. The van der Waals surface area contributed by atoms with Crippen LogP contribution in [0.15, 0.2) is 24.4 Å². The third-order valence-electron chi connectivity index (χ3n) is 1.87. The van der Waals surface area contributed by atoms with E-state index < -0.39 is 5.97 Å². The zero-order valence-electron chi connectivity index (χ0n) is 6.54. The molecule has 13 heavy (non-hydrogen) atoms. The lowest BCUT2D eigenvalue weighted by atomic mass is 10.2. The number of hydrogen-bond acceptors (Lipinski definition) is 1. The van der Waals surface area contributed by atoms with E-state index in [1.165, 1.54) is 24.4 Å². The number of aromatic amines is 1. The number of fused-ring (bicyclic) bond motifs is 1. The molecule has 0 atom stereocenters. The Kier molecular flexibility index (Phi) is 1.55. The molecule has 0 amide bonds. The largest absolute Gasteiger partial charge is 0.478 e. The Morgan fingerprint density at radius 1 is 1.46 bits per heavy atom. The molecule has 1 heterocycles. The van der Waals surface area contributed by atoms with E-state index in [0.29, 0.717) is 10.9 Å². The number of nitrogens with one attached hydrogen (secondary N) is 1. The maximum atomic E-state index is 12.7. The molecule has 2 rings (SSSR count). The van der Waals surface area contributed by atoms with E-state index in [9.17, 15) is 9.18 Å². The Hall–Kier alpha value is -1.84. The minimum absolute atomic E-state index is 0.162. The lowest BCUT2D eigenvalue weighted by Crippen LogP contribution is -1.93. The molecule has 1 aromatic heterocycles. The molecule has 2 aromatic rings. The third kappa shape index (κ3) is 1.16. The minimum Gasteiger partial charge on any atom is -0.478 e. The number of benzene rings is 1. The average molecular weight is 179 g/mol. The number of aromatic nitrogens is 1. The average Bonchev–Trinajstić information content (AvgIpc) is 2.46. The number of hydrogen-bond donors (Lipinski definition) is 2. The van der Waals surface area contributed by atoms with Gasteiger partial charge in [-0.1, -0.05) is 0 Å². The van der Waals surface area contributed by atoms with Gasteiger partial charge in [0.2, 0.25) is 0 Å². The van der Waals surface area contributed by atoms with Crippen molar-refractivity contribution in [2.75, 3.05) is 0 Å². The maximum Gasteiger partial charge on any atom is 0.337 e. The van der Waals surface area contributed by atoms with Gasteiger partial charge in [0.25, 0.3) is 0 Å². The molecular weight excluding hydrogens is 173 g/mol. The molecule has 66 valence electrons. The highest BCUT2D eigenvalue weighted by molar-refractivity contribution is 6.03. The fourth-order valence-electron chi connectivity index (χ4n) is 1.28. The molecule has 0 spiro atoms. The molecule has 2 N–H and O–H groups in total. The highest BCUT2D eigenvalue weighted by Crippen LogP contribution is 2.18. The van der Waals surface area contributed by atoms with Crippen LogP contribution in [-0.4, -0.2) is 16.1 Å². The fourth-order valence-corrected chi connectivity index (χ4v) is 1.28.